The number of benzene rings is 1. The van der Waals surface area contributed by atoms with Crippen LogP contribution >= 0.6 is 0 Å². The van der Waals surface area contributed by atoms with E-state index in [9.17, 15) is 9.90 Å². The standard InChI is InChI=1S/C11H15NO2/c1-11(2,3)10(14)9-7(12)5-4-6-8(9)13/h4-6,13H,12H2,1-3H3. The summed E-state index contributed by atoms with van der Waals surface area (Å²) in [5.41, 5.74) is 5.65. The second-order valence-electron chi connectivity index (χ2n) is 4.32. The van der Waals surface area contributed by atoms with Gasteiger partial charge in [0.2, 0.25) is 0 Å². The third-order valence-corrected chi connectivity index (χ3v) is 1.98. The van der Waals surface area contributed by atoms with Gasteiger partial charge in [-0.2, -0.15) is 0 Å². The van der Waals surface area contributed by atoms with E-state index >= 15 is 0 Å². The zero-order valence-corrected chi connectivity index (χ0v) is 8.66. The molecule has 1 aromatic rings. The topological polar surface area (TPSA) is 63.3 Å². The van der Waals surface area contributed by atoms with Crippen molar-refractivity contribution in [3.63, 3.8) is 0 Å². The van der Waals surface area contributed by atoms with Gasteiger partial charge in [-0.1, -0.05) is 26.8 Å². The van der Waals surface area contributed by atoms with Crippen LogP contribution in [0.4, 0.5) is 5.69 Å². The van der Waals surface area contributed by atoms with Crippen molar-refractivity contribution in [2.75, 3.05) is 5.73 Å². The van der Waals surface area contributed by atoms with Crippen molar-refractivity contribution in [1.29, 1.82) is 0 Å². The fourth-order valence-corrected chi connectivity index (χ4v) is 1.18. The molecule has 14 heavy (non-hydrogen) atoms. The molecule has 0 aliphatic carbocycles. The Labute approximate surface area is 83.6 Å². The maximum absolute atomic E-state index is 11.9. The van der Waals surface area contributed by atoms with Crippen LogP contribution in [0.3, 0.4) is 0 Å². The van der Waals surface area contributed by atoms with Crippen LogP contribution in [-0.2, 0) is 0 Å². The number of hydrogen-bond acceptors (Lipinski definition) is 3. The van der Waals surface area contributed by atoms with Gasteiger partial charge in [-0.05, 0) is 12.1 Å². The molecular weight excluding hydrogens is 178 g/mol. The van der Waals surface area contributed by atoms with Crippen LogP contribution in [0, 0.1) is 5.41 Å². The average molecular weight is 193 g/mol. The minimum atomic E-state index is -0.535. The molecule has 0 radical (unpaired) electrons. The minimum Gasteiger partial charge on any atom is -0.507 e. The van der Waals surface area contributed by atoms with Crippen molar-refractivity contribution >= 4 is 11.5 Å². The van der Waals surface area contributed by atoms with E-state index in [4.69, 9.17) is 5.73 Å². The molecule has 0 aromatic heterocycles. The van der Waals surface area contributed by atoms with E-state index < -0.39 is 5.41 Å². The van der Waals surface area contributed by atoms with E-state index in [2.05, 4.69) is 0 Å². The number of phenols is 1. The molecule has 0 spiro atoms. The number of carbonyl (C=O) groups excluding carboxylic acids is 1. The molecule has 76 valence electrons. The van der Waals surface area contributed by atoms with Crippen LogP contribution in [0.2, 0.25) is 0 Å². The third kappa shape index (κ3) is 1.87. The number of anilines is 1. The van der Waals surface area contributed by atoms with Gasteiger partial charge in [-0.25, -0.2) is 0 Å². The summed E-state index contributed by atoms with van der Waals surface area (Å²) in [6, 6.07) is 4.69. The molecule has 0 saturated heterocycles. The van der Waals surface area contributed by atoms with Crippen LogP contribution in [0.1, 0.15) is 31.1 Å². The number of ketones is 1. The van der Waals surface area contributed by atoms with Crippen molar-refractivity contribution in [3.05, 3.63) is 23.8 Å². The second kappa shape index (κ2) is 3.33. The zero-order valence-electron chi connectivity index (χ0n) is 8.66. The summed E-state index contributed by atoms with van der Waals surface area (Å²) in [4.78, 5) is 11.9. The lowest BCUT2D eigenvalue weighted by Gasteiger charge is -2.18. The Hall–Kier alpha value is -1.51. The van der Waals surface area contributed by atoms with E-state index in [-0.39, 0.29) is 17.1 Å². The Balaban J connectivity index is 3.26. The van der Waals surface area contributed by atoms with Gasteiger partial charge in [-0.3, -0.25) is 4.79 Å². The summed E-state index contributed by atoms with van der Waals surface area (Å²) >= 11 is 0. The summed E-state index contributed by atoms with van der Waals surface area (Å²) in [5.74, 6) is -0.196. The van der Waals surface area contributed by atoms with Gasteiger partial charge in [0, 0.05) is 11.1 Å². The van der Waals surface area contributed by atoms with E-state index in [0.29, 0.717) is 5.69 Å². The maximum atomic E-state index is 11.9. The Bertz CT molecular complexity index is 344. The van der Waals surface area contributed by atoms with Crippen LogP contribution in [0.5, 0.6) is 5.75 Å². The molecule has 3 nitrogen and oxygen atoms in total. The summed E-state index contributed by atoms with van der Waals surface area (Å²) in [6.45, 7) is 5.38. The van der Waals surface area contributed by atoms with Crippen molar-refractivity contribution < 1.29 is 9.90 Å². The Kier molecular flexibility index (Phi) is 2.51. The lowest BCUT2D eigenvalue weighted by Crippen LogP contribution is -2.21. The normalized spacial score (nSPS) is 11.4. The molecule has 0 unspecified atom stereocenters. The molecule has 0 amide bonds. The first-order valence-electron chi connectivity index (χ1n) is 4.46. The van der Waals surface area contributed by atoms with E-state index in [0.717, 1.165) is 0 Å². The molecule has 0 fully saturated rings. The Morgan fingerprint density at radius 2 is 1.93 bits per heavy atom. The molecule has 0 heterocycles. The minimum absolute atomic E-state index is 0.0510. The van der Waals surface area contributed by atoms with Crippen LogP contribution < -0.4 is 5.73 Å². The smallest absolute Gasteiger partial charge is 0.173 e. The fraction of sp³-hybridized carbons (Fsp3) is 0.364. The number of rotatable bonds is 1. The van der Waals surface area contributed by atoms with Gasteiger partial charge >= 0.3 is 0 Å². The molecule has 0 saturated carbocycles. The van der Waals surface area contributed by atoms with Gasteiger partial charge < -0.3 is 10.8 Å². The van der Waals surface area contributed by atoms with Crippen molar-refractivity contribution in [1.82, 2.24) is 0 Å². The van der Waals surface area contributed by atoms with Crippen LogP contribution in [0.25, 0.3) is 0 Å². The molecule has 0 atom stereocenters. The van der Waals surface area contributed by atoms with E-state index in [1.54, 1.807) is 32.9 Å². The van der Waals surface area contributed by atoms with E-state index in [1.807, 2.05) is 0 Å². The quantitative estimate of drug-likeness (QED) is 0.531. The molecule has 1 rings (SSSR count). The van der Waals surface area contributed by atoms with Gasteiger partial charge in [0.05, 0.1) is 5.56 Å². The number of carbonyl (C=O) groups is 1. The van der Waals surface area contributed by atoms with E-state index in [1.165, 1.54) is 6.07 Å². The zero-order chi connectivity index (χ0) is 10.9. The Morgan fingerprint density at radius 3 is 2.36 bits per heavy atom. The summed E-state index contributed by atoms with van der Waals surface area (Å²) in [7, 11) is 0. The summed E-state index contributed by atoms with van der Waals surface area (Å²) < 4.78 is 0. The lowest BCUT2D eigenvalue weighted by molar-refractivity contribution is 0.0856. The van der Waals surface area contributed by atoms with Crippen molar-refractivity contribution in [2.45, 2.75) is 20.8 Å². The highest BCUT2D eigenvalue weighted by atomic mass is 16.3. The second-order valence-corrected chi connectivity index (χ2v) is 4.32. The lowest BCUT2D eigenvalue weighted by atomic mass is 9.85. The number of hydrogen-bond donors (Lipinski definition) is 2. The molecule has 0 aliphatic heterocycles. The largest absolute Gasteiger partial charge is 0.507 e. The monoisotopic (exact) mass is 193 g/mol. The molecule has 3 heteroatoms. The van der Waals surface area contributed by atoms with Crippen LogP contribution in [-0.4, -0.2) is 10.9 Å². The first-order chi connectivity index (χ1) is 6.34. The molecule has 3 N–H and O–H groups in total. The molecular formula is C11H15NO2. The predicted octanol–water partition coefficient (Wildman–Crippen LogP) is 2.20. The molecule has 0 aliphatic rings. The molecule has 0 bridgehead atoms. The maximum Gasteiger partial charge on any atom is 0.173 e. The number of Topliss-reactive ketones (excluding diaryl/α,β-unsaturated/α-hetero) is 1. The van der Waals surface area contributed by atoms with Crippen LogP contribution in [0.15, 0.2) is 18.2 Å². The SMILES string of the molecule is CC(C)(C)C(=O)c1c(N)cccc1O. The van der Waals surface area contributed by atoms with Crippen molar-refractivity contribution in [3.8, 4) is 5.75 Å². The van der Waals surface area contributed by atoms with Gasteiger partial charge in [-0.15, -0.1) is 0 Å². The number of nitrogens with two attached hydrogens (primary N) is 1. The summed E-state index contributed by atoms with van der Waals surface area (Å²) in [6.07, 6.45) is 0. The van der Waals surface area contributed by atoms with Gasteiger partial charge in [0.1, 0.15) is 5.75 Å². The number of phenolic OH excluding ortho intramolecular Hbond substituents is 1. The summed E-state index contributed by atoms with van der Waals surface area (Å²) in [5, 5.41) is 9.52. The van der Waals surface area contributed by atoms with Gasteiger partial charge in [0.25, 0.3) is 0 Å². The highest BCUT2D eigenvalue weighted by Crippen LogP contribution is 2.30. The average Bonchev–Trinajstić information content (AvgIpc) is 2.01. The Morgan fingerprint density at radius 1 is 1.36 bits per heavy atom. The third-order valence-electron chi connectivity index (χ3n) is 1.98. The first kappa shape index (κ1) is 10.6. The van der Waals surface area contributed by atoms with Gasteiger partial charge in [0.15, 0.2) is 5.78 Å². The predicted molar refractivity (Wildman–Crippen MR) is 56.3 cm³/mol. The fourth-order valence-electron chi connectivity index (χ4n) is 1.18. The first-order valence-corrected chi connectivity index (χ1v) is 4.46. The van der Waals surface area contributed by atoms with Crippen molar-refractivity contribution in [2.24, 2.45) is 5.41 Å². The highest BCUT2D eigenvalue weighted by Gasteiger charge is 2.26. The number of aromatic hydroxyl groups is 1. The molecule has 1 aromatic carbocycles. The number of nitrogen functional groups attached to an aromatic ring is 1. The highest BCUT2D eigenvalue weighted by molar-refractivity contribution is 6.06.